The van der Waals surface area contributed by atoms with Gasteiger partial charge in [-0.2, -0.15) is 0 Å². The molecule has 0 aliphatic rings. The average molecular weight is 476 g/mol. The number of rotatable bonds is 12. The second-order valence-corrected chi connectivity index (χ2v) is 9.32. The molecule has 0 aliphatic carbocycles. The Morgan fingerprint density at radius 1 is 0.794 bits per heavy atom. The standard InChI is InChI=1S/C29H37N3OS/c1-4-5-6-7-8-9-10-11-14-23-17-19-24(20-18-23)25-21-30-28(31-22-25)26-15-12-13-16-27(26)33-29(34)32(2)3/h12-13,15-22H,4-11,14H2,1-3H3. The lowest BCUT2D eigenvalue weighted by Gasteiger charge is -2.16. The van der Waals surface area contributed by atoms with Crippen LogP contribution in [0.5, 0.6) is 5.75 Å². The highest BCUT2D eigenvalue weighted by atomic mass is 32.1. The Bertz CT molecular complexity index is 1020. The van der Waals surface area contributed by atoms with Crippen molar-refractivity contribution >= 4 is 17.4 Å². The van der Waals surface area contributed by atoms with Crippen molar-refractivity contribution < 1.29 is 4.74 Å². The van der Waals surface area contributed by atoms with Crippen LogP contribution in [0.1, 0.15) is 63.9 Å². The molecule has 5 heteroatoms. The lowest BCUT2D eigenvalue weighted by Crippen LogP contribution is -2.25. The zero-order chi connectivity index (χ0) is 24.2. The molecule has 0 radical (unpaired) electrons. The van der Waals surface area contributed by atoms with Crippen LogP contribution in [0.2, 0.25) is 0 Å². The molecule has 0 saturated heterocycles. The van der Waals surface area contributed by atoms with Gasteiger partial charge in [0.05, 0.1) is 5.56 Å². The minimum atomic E-state index is 0.399. The summed E-state index contributed by atoms with van der Waals surface area (Å²) in [4.78, 5) is 11.0. The molecule has 0 spiro atoms. The number of hydrogen-bond acceptors (Lipinski definition) is 4. The summed E-state index contributed by atoms with van der Waals surface area (Å²) in [6, 6.07) is 16.5. The molecule has 0 saturated carbocycles. The normalized spacial score (nSPS) is 10.8. The first-order chi connectivity index (χ1) is 16.6. The lowest BCUT2D eigenvalue weighted by molar-refractivity contribution is 0.450. The Balaban J connectivity index is 1.55. The third kappa shape index (κ3) is 7.91. The quantitative estimate of drug-likeness (QED) is 0.198. The second kappa shape index (κ2) is 13.8. The monoisotopic (exact) mass is 475 g/mol. The first-order valence-corrected chi connectivity index (χ1v) is 12.9. The molecule has 3 aromatic rings. The summed E-state index contributed by atoms with van der Waals surface area (Å²) in [5.74, 6) is 1.27. The second-order valence-electron chi connectivity index (χ2n) is 8.98. The van der Waals surface area contributed by atoms with E-state index in [1.54, 1.807) is 4.90 Å². The van der Waals surface area contributed by atoms with Crippen molar-refractivity contribution in [2.24, 2.45) is 0 Å². The molecule has 2 aromatic carbocycles. The highest BCUT2D eigenvalue weighted by molar-refractivity contribution is 7.80. The van der Waals surface area contributed by atoms with Gasteiger partial charge >= 0.3 is 0 Å². The summed E-state index contributed by atoms with van der Waals surface area (Å²) in [6.07, 6.45) is 15.7. The van der Waals surface area contributed by atoms with Crippen LogP contribution >= 0.6 is 12.2 Å². The largest absolute Gasteiger partial charge is 0.431 e. The maximum Gasteiger partial charge on any atom is 0.264 e. The fraction of sp³-hybridized carbons (Fsp3) is 0.414. The number of ether oxygens (including phenoxy) is 1. The van der Waals surface area contributed by atoms with Crippen molar-refractivity contribution in [1.82, 2.24) is 14.9 Å². The third-order valence-electron chi connectivity index (χ3n) is 5.95. The highest BCUT2D eigenvalue weighted by Gasteiger charge is 2.12. The number of para-hydroxylation sites is 1. The topological polar surface area (TPSA) is 38.2 Å². The van der Waals surface area contributed by atoms with Crippen molar-refractivity contribution in [3.8, 4) is 28.3 Å². The van der Waals surface area contributed by atoms with Crippen LogP contribution in [0.4, 0.5) is 0 Å². The Labute approximate surface area is 210 Å². The Kier molecular flexibility index (Phi) is 10.5. The van der Waals surface area contributed by atoms with E-state index in [2.05, 4.69) is 41.2 Å². The van der Waals surface area contributed by atoms with E-state index >= 15 is 0 Å². The van der Waals surface area contributed by atoms with Crippen LogP contribution in [0, 0.1) is 0 Å². The SMILES string of the molecule is CCCCCCCCCCc1ccc(-c2cnc(-c3ccccc3OC(=S)N(C)C)nc2)cc1. The van der Waals surface area contributed by atoms with Gasteiger partial charge in [0.1, 0.15) is 5.75 Å². The molecule has 34 heavy (non-hydrogen) atoms. The molecule has 0 bridgehead atoms. The summed E-state index contributed by atoms with van der Waals surface area (Å²) in [5, 5.41) is 0.399. The van der Waals surface area contributed by atoms with Gasteiger partial charge in [-0.25, -0.2) is 9.97 Å². The number of aromatic nitrogens is 2. The van der Waals surface area contributed by atoms with Gasteiger partial charge in [0.15, 0.2) is 5.82 Å². The van der Waals surface area contributed by atoms with Crippen molar-refractivity contribution in [3.63, 3.8) is 0 Å². The van der Waals surface area contributed by atoms with Crippen LogP contribution in [-0.2, 0) is 6.42 Å². The van der Waals surface area contributed by atoms with Crippen molar-refractivity contribution in [3.05, 3.63) is 66.5 Å². The zero-order valence-electron chi connectivity index (χ0n) is 20.8. The molecule has 0 amide bonds. The van der Waals surface area contributed by atoms with Gasteiger partial charge in [0.25, 0.3) is 5.17 Å². The predicted molar refractivity (Wildman–Crippen MR) is 146 cm³/mol. The number of nitrogens with zero attached hydrogens (tertiary/aromatic N) is 3. The van der Waals surface area contributed by atoms with Gasteiger partial charge in [-0.05, 0) is 48.3 Å². The number of thiocarbonyl (C=S) groups is 1. The number of unbranched alkanes of at least 4 members (excludes halogenated alkanes) is 7. The fourth-order valence-electron chi connectivity index (χ4n) is 3.87. The van der Waals surface area contributed by atoms with Crippen LogP contribution < -0.4 is 4.74 Å². The van der Waals surface area contributed by atoms with Crippen molar-refractivity contribution in [2.45, 2.75) is 64.7 Å². The van der Waals surface area contributed by atoms with Crippen molar-refractivity contribution in [2.75, 3.05) is 14.1 Å². The third-order valence-corrected chi connectivity index (χ3v) is 6.40. The Hall–Kier alpha value is -2.79. The van der Waals surface area contributed by atoms with Crippen molar-refractivity contribution in [1.29, 1.82) is 0 Å². The minimum Gasteiger partial charge on any atom is -0.431 e. The van der Waals surface area contributed by atoms with Gasteiger partial charge in [0, 0.05) is 32.1 Å². The maximum absolute atomic E-state index is 5.84. The number of aryl methyl sites for hydroxylation is 1. The van der Waals surface area contributed by atoms with E-state index in [1.165, 1.54) is 56.9 Å². The molecule has 4 nitrogen and oxygen atoms in total. The maximum atomic E-state index is 5.84. The average Bonchev–Trinajstić information content (AvgIpc) is 2.86. The molecule has 0 atom stereocenters. The van der Waals surface area contributed by atoms with Crippen LogP contribution in [0.3, 0.4) is 0 Å². The minimum absolute atomic E-state index is 0.399. The molecular formula is C29H37N3OS. The van der Waals surface area contributed by atoms with E-state index in [4.69, 9.17) is 17.0 Å². The summed E-state index contributed by atoms with van der Waals surface area (Å²) in [6.45, 7) is 2.27. The molecule has 0 aliphatic heterocycles. The smallest absolute Gasteiger partial charge is 0.264 e. The molecule has 0 fully saturated rings. The van der Waals surface area contributed by atoms with Crippen LogP contribution in [0.15, 0.2) is 60.9 Å². The molecular weight excluding hydrogens is 438 g/mol. The summed E-state index contributed by atoms with van der Waals surface area (Å²) in [7, 11) is 3.72. The van der Waals surface area contributed by atoms with Crippen LogP contribution in [-0.4, -0.2) is 34.1 Å². The van der Waals surface area contributed by atoms with E-state index in [0.717, 1.165) is 23.1 Å². The zero-order valence-corrected chi connectivity index (χ0v) is 21.6. The highest BCUT2D eigenvalue weighted by Crippen LogP contribution is 2.28. The molecule has 3 rings (SSSR count). The molecule has 180 valence electrons. The van der Waals surface area contributed by atoms with E-state index in [0.29, 0.717) is 16.7 Å². The van der Waals surface area contributed by atoms with Gasteiger partial charge in [-0.15, -0.1) is 0 Å². The van der Waals surface area contributed by atoms with Gasteiger partial charge in [0.2, 0.25) is 0 Å². The summed E-state index contributed by atoms with van der Waals surface area (Å²) < 4.78 is 5.84. The molecule has 1 aromatic heterocycles. The Morgan fingerprint density at radius 2 is 1.41 bits per heavy atom. The fourth-order valence-corrected chi connectivity index (χ4v) is 3.96. The summed E-state index contributed by atoms with van der Waals surface area (Å²) >= 11 is 5.29. The first kappa shape index (κ1) is 25.8. The van der Waals surface area contributed by atoms with Gasteiger partial charge < -0.3 is 9.64 Å². The van der Waals surface area contributed by atoms with E-state index in [-0.39, 0.29) is 0 Å². The lowest BCUT2D eigenvalue weighted by atomic mass is 10.0. The van der Waals surface area contributed by atoms with E-state index < -0.39 is 0 Å². The number of benzene rings is 2. The molecule has 1 heterocycles. The molecule has 0 unspecified atom stereocenters. The predicted octanol–water partition coefficient (Wildman–Crippen LogP) is 7.72. The Morgan fingerprint density at radius 3 is 2.06 bits per heavy atom. The van der Waals surface area contributed by atoms with Gasteiger partial charge in [-0.1, -0.05) is 88.3 Å². The first-order valence-electron chi connectivity index (χ1n) is 12.5. The van der Waals surface area contributed by atoms with E-state index in [9.17, 15) is 0 Å². The molecule has 0 N–H and O–H groups in total. The van der Waals surface area contributed by atoms with E-state index in [1.807, 2.05) is 50.8 Å². The number of hydrogen-bond donors (Lipinski definition) is 0. The van der Waals surface area contributed by atoms with Crippen LogP contribution in [0.25, 0.3) is 22.5 Å². The summed E-state index contributed by atoms with van der Waals surface area (Å²) in [5.41, 5.74) is 4.35. The van der Waals surface area contributed by atoms with Gasteiger partial charge in [-0.3, -0.25) is 0 Å².